The number of ketones is 1. The third-order valence-electron chi connectivity index (χ3n) is 4.16. The molecule has 1 aromatic heterocycles. The summed E-state index contributed by atoms with van der Waals surface area (Å²) in [5, 5.41) is 0.632. The molecule has 0 aliphatic heterocycles. The van der Waals surface area contributed by atoms with Crippen molar-refractivity contribution < 1.29 is 13.9 Å². The third-order valence-corrected chi connectivity index (χ3v) is 5.37. The topological polar surface area (TPSA) is 56.5 Å². The van der Waals surface area contributed by atoms with E-state index in [9.17, 15) is 9.59 Å². The minimum Gasteiger partial charge on any atom is -0.497 e. The second kappa shape index (κ2) is 5.97. The Morgan fingerprint density at radius 1 is 1.00 bits per heavy atom. The maximum absolute atomic E-state index is 12.7. The number of ether oxygens (including phenoxy) is 1. The van der Waals surface area contributed by atoms with Gasteiger partial charge in [-0.3, -0.25) is 4.79 Å². The average molecular weight is 462 g/mol. The first-order valence-corrected chi connectivity index (χ1v) is 8.95. The zero-order valence-corrected chi connectivity index (χ0v) is 16.1. The van der Waals surface area contributed by atoms with E-state index in [4.69, 9.17) is 9.15 Å². The molecule has 0 unspecified atom stereocenters. The molecule has 0 saturated heterocycles. The lowest BCUT2D eigenvalue weighted by Gasteiger charge is -2.17. The first-order valence-electron chi connectivity index (χ1n) is 7.37. The van der Waals surface area contributed by atoms with Crippen LogP contribution in [-0.4, -0.2) is 12.9 Å². The van der Waals surface area contributed by atoms with Crippen molar-refractivity contribution in [1.82, 2.24) is 0 Å². The van der Waals surface area contributed by atoms with Gasteiger partial charge in [-0.2, -0.15) is 0 Å². The zero-order chi connectivity index (χ0) is 17.7. The summed E-state index contributed by atoms with van der Waals surface area (Å²) in [5.74, 6) is 0.553. The van der Waals surface area contributed by atoms with Gasteiger partial charge in [0.05, 0.1) is 21.6 Å². The highest BCUT2D eigenvalue weighted by Gasteiger charge is 2.27. The molecule has 6 heteroatoms. The molecule has 2 aromatic carbocycles. The van der Waals surface area contributed by atoms with Crippen LogP contribution in [-0.2, 0) is 0 Å². The molecule has 1 heterocycles. The zero-order valence-electron chi connectivity index (χ0n) is 12.9. The van der Waals surface area contributed by atoms with Crippen molar-refractivity contribution in [2.24, 2.45) is 0 Å². The van der Waals surface area contributed by atoms with Crippen LogP contribution in [0.4, 0.5) is 0 Å². The maximum Gasteiger partial charge on any atom is 0.344 e. The summed E-state index contributed by atoms with van der Waals surface area (Å²) in [6, 6.07) is 10.6. The quantitative estimate of drug-likeness (QED) is 0.494. The van der Waals surface area contributed by atoms with Gasteiger partial charge >= 0.3 is 5.63 Å². The number of hydrogen-bond donors (Lipinski definition) is 0. The number of methoxy groups -OCH3 is 1. The fraction of sp³-hybridized carbons (Fsp3) is 0.0526. The molecule has 0 bridgehead atoms. The highest BCUT2D eigenvalue weighted by Crippen LogP contribution is 2.39. The number of carbonyl (C=O) groups excluding carboxylic acids is 1. The second-order valence-electron chi connectivity index (χ2n) is 5.53. The van der Waals surface area contributed by atoms with Crippen molar-refractivity contribution in [3.05, 3.63) is 66.9 Å². The van der Waals surface area contributed by atoms with Gasteiger partial charge in [-0.15, -0.1) is 0 Å². The SMILES string of the molecule is COc1ccc(-c2c3c4c(ccc(Br)c4oc2=O)C(=O)C(Br)=C3)cc1. The van der Waals surface area contributed by atoms with E-state index < -0.39 is 5.63 Å². The molecule has 4 nitrogen and oxygen atoms in total. The molecular weight excluding hydrogens is 452 g/mol. The molecule has 3 aromatic rings. The molecule has 4 rings (SSSR count). The smallest absolute Gasteiger partial charge is 0.344 e. The first kappa shape index (κ1) is 16.3. The third kappa shape index (κ3) is 2.48. The second-order valence-corrected chi connectivity index (χ2v) is 7.24. The Balaban J connectivity index is 2.14. The summed E-state index contributed by atoms with van der Waals surface area (Å²) >= 11 is 6.70. The van der Waals surface area contributed by atoms with Gasteiger partial charge < -0.3 is 9.15 Å². The summed E-state index contributed by atoms with van der Waals surface area (Å²) in [6.07, 6.45) is 1.68. The molecule has 0 N–H and O–H groups in total. The van der Waals surface area contributed by atoms with Crippen LogP contribution in [0, 0.1) is 0 Å². The van der Waals surface area contributed by atoms with Gasteiger partial charge in [-0.1, -0.05) is 12.1 Å². The predicted octanol–water partition coefficient (Wildman–Crippen LogP) is 5.16. The minimum absolute atomic E-state index is 0.139. The van der Waals surface area contributed by atoms with Gasteiger partial charge in [0.2, 0.25) is 5.78 Å². The number of halogens is 2. The van der Waals surface area contributed by atoms with Crippen LogP contribution >= 0.6 is 31.9 Å². The number of hydrogen-bond acceptors (Lipinski definition) is 4. The van der Waals surface area contributed by atoms with Gasteiger partial charge in [0.1, 0.15) is 5.75 Å². The number of Topliss-reactive ketones (excluding diaryl/α,β-unsaturated/α-hetero) is 1. The number of benzene rings is 2. The lowest BCUT2D eigenvalue weighted by atomic mass is 9.90. The summed E-state index contributed by atoms with van der Waals surface area (Å²) in [6.45, 7) is 0. The van der Waals surface area contributed by atoms with Crippen LogP contribution < -0.4 is 10.4 Å². The molecule has 0 saturated carbocycles. The van der Waals surface area contributed by atoms with E-state index in [1.54, 1.807) is 49.6 Å². The van der Waals surface area contributed by atoms with Gasteiger partial charge in [-0.25, -0.2) is 4.79 Å². The Hall–Kier alpha value is -2.18. The molecule has 1 aliphatic rings. The van der Waals surface area contributed by atoms with Gasteiger partial charge in [0.25, 0.3) is 0 Å². The Labute approximate surface area is 159 Å². The van der Waals surface area contributed by atoms with E-state index in [-0.39, 0.29) is 5.78 Å². The Kier molecular flexibility index (Phi) is 3.89. The van der Waals surface area contributed by atoms with Crippen molar-refractivity contribution in [2.75, 3.05) is 7.11 Å². The summed E-state index contributed by atoms with van der Waals surface area (Å²) in [4.78, 5) is 25.2. The number of rotatable bonds is 2. The summed E-state index contributed by atoms with van der Waals surface area (Å²) < 4.78 is 11.7. The van der Waals surface area contributed by atoms with E-state index in [0.29, 0.717) is 47.9 Å². The average Bonchev–Trinajstić information content (AvgIpc) is 2.61. The monoisotopic (exact) mass is 460 g/mol. The summed E-state index contributed by atoms with van der Waals surface area (Å²) in [7, 11) is 1.58. The number of allylic oxidation sites excluding steroid dienone is 1. The largest absolute Gasteiger partial charge is 0.497 e. The summed E-state index contributed by atoms with van der Waals surface area (Å²) in [5.41, 5.74) is 2.19. The van der Waals surface area contributed by atoms with Crippen LogP contribution in [0.25, 0.3) is 28.2 Å². The lowest BCUT2D eigenvalue weighted by Crippen LogP contribution is -2.12. The van der Waals surface area contributed by atoms with Crippen molar-refractivity contribution >= 4 is 54.7 Å². The van der Waals surface area contributed by atoms with E-state index in [0.717, 1.165) is 0 Å². The number of carbonyl (C=O) groups is 1. The van der Waals surface area contributed by atoms with Gasteiger partial charge in [0.15, 0.2) is 5.58 Å². The standard InChI is InChI=1S/C19H10Br2O4/c1-24-10-4-2-9(3-5-10)15-12-8-14(21)17(22)11-6-7-13(20)18(16(11)12)25-19(15)23/h2-8H,1H3. The molecule has 0 spiro atoms. The normalized spacial score (nSPS) is 13.1. The van der Waals surface area contributed by atoms with Crippen molar-refractivity contribution in [2.45, 2.75) is 0 Å². The lowest BCUT2D eigenvalue weighted by molar-refractivity contribution is 0.104. The van der Waals surface area contributed by atoms with E-state index in [2.05, 4.69) is 31.9 Å². The Morgan fingerprint density at radius 2 is 1.72 bits per heavy atom. The first-order chi connectivity index (χ1) is 12.0. The van der Waals surface area contributed by atoms with Crippen LogP contribution in [0.2, 0.25) is 0 Å². The van der Waals surface area contributed by atoms with Gasteiger partial charge in [0, 0.05) is 16.5 Å². The van der Waals surface area contributed by atoms with Crippen molar-refractivity contribution in [1.29, 1.82) is 0 Å². The van der Waals surface area contributed by atoms with E-state index >= 15 is 0 Å². The Morgan fingerprint density at radius 3 is 2.40 bits per heavy atom. The molecule has 0 atom stereocenters. The highest BCUT2D eigenvalue weighted by atomic mass is 79.9. The molecular formula is C19H10Br2O4. The molecule has 25 heavy (non-hydrogen) atoms. The van der Waals surface area contributed by atoms with E-state index in [1.807, 2.05) is 0 Å². The van der Waals surface area contributed by atoms with Gasteiger partial charge in [-0.05, 0) is 67.8 Å². The molecule has 1 aliphatic carbocycles. The fourth-order valence-electron chi connectivity index (χ4n) is 2.99. The van der Waals surface area contributed by atoms with E-state index in [1.165, 1.54) is 0 Å². The molecule has 0 radical (unpaired) electrons. The highest BCUT2D eigenvalue weighted by molar-refractivity contribution is 9.12. The molecule has 0 fully saturated rings. The van der Waals surface area contributed by atoms with Crippen molar-refractivity contribution in [3.63, 3.8) is 0 Å². The minimum atomic E-state index is -0.462. The fourth-order valence-corrected chi connectivity index (χ4v) is 3.84. The predicted molar refractivity (Wildman–Crippen MR) is 103 cm³/mol. The van der Waals surface area contributed by atoms with Crippen molar-refractivity contribution in [3.8, 4) is 16.9 Å². The van der Waals surface area contributed by atoms with Crippen LogP contribution in [0.3, 0.4) is 0 Å². The van der Waals surface area contributed by atoms with Crippen LogP contribution in [0.5, 0.6) is 5.75 Å². The van der Waals surface area contributed by atoms with Crippen LogP contribution in [0.15, 0.2) is 54.6 Å². The Bertz CT molecular complexity index is 1120. The molecule has 124 valence electrons. The maximum atomic E-state index is 12.7. The van der Waals surface area contributed by atoms with Crippen LogP contribution in [0.1, 0.15) is 15.9 Å². The molecule has 0 amide bonds.